The van der Waals surface area contributed by atoms with Gasteiger partial charge in [-0.1, -0.05) is 23.9 Å². The van der Waals surface area contributed by atoms with Crippen LogP contribution in [0.15, 0.2) is 53.9 Å². The minimum Gasteiger partial charge on any atom is -0.324 e. The van der Waals surface area contributed by atoms with Gasteiger partial charge in [0, 0.05) is 36.2 Å². The Bertz CT molecular complexity index is 942. The molecule has 0 atom stereocenters. The standard InChI is InChI=1S/C19H18FN5OS/c20-15-3-1-2-4-16(15)22-17(26)9-12-27-19-24-23-18(25(19)14-5-6-14)13-7-10-21-11-8-13/h1-4,7-8,10-11,14H,5-6,9,12H2,(H,22,26). The van der Waals surface area contributed by atoms with Gasteiger partial charge >= 0.3 is 0 Å². The summed E-state index contributed by atoms with van der Waals surface area (Å²) in [4.78, 5) is 16.1. The number of nitrogens with one attached hydrogen (secondary N) is 1. The summed E-state index contributed by atoms with van der Waals surface area (Å²) in [6.45, 7) is 0. The fourth-order valence-electron chi connectivity index (χ4n) is 2.75. The molecule has 0 bridgehead atoms. The molecule has 1 N–H and O–H groups in total. The maximum atomic E-state index is 13.6. The van der Waals surface area contributed by atoms with Crippen molar-refractivity contribution < 1.29 is 9.18 Å². The van der Waals surface area contributed by atoms with Gasteiger partial charge in [0.2, 0.25) is 5.91 Å². The highest BCUT2D eigenvalue weighted by atomic mass is 32.2. The Balaban J connectivity index is 1.40. The number of halogens is 1. The number of carbonyl (C=O) groups excluding carboxylic acids is 1. The van der Waals surface area contributed by atoms with Crippen LogP contribution in [0.4, 0.5) is 10.1 Å². The van der Waals surface area contributed by atoms with E-state index in [1.807, 2.05) is 12.1 Å². The average Bonchev–Trinajstić information content (AvgIpc) is 3.44. The number of rotatable bonds is 7. The first-order chi connectivity index (χ1) is 13.2. The molecule has 0 aliphatic heterocycles. The van der Waals surface area contributed by atoms with Crippen LogP contribution in [0.5, 0.6) is 0 Å². The molecule has 1 aliphatic rings. The summed E-state index contributed by atoms with van der Waals surface area (Å²) in [5.74, 6) is 0.716. The van der Waals surface area contributed by atoms with E-state index in [9.17, 15) is 9.18 Å². The van der Waals surface area contributed by atoms with Crippen molar-refractivity contribution in [3.05, 3.63) is 54.6 Å². The molecule has 8 heteroatoms. The highest BCUT2D eigenvalue weighted by Crippen LogP contribution is 2.41. The van der Waals surface area contributed by atoms with Gasteiger partial charge in [-0.05, 0) is 37.1 Å². The second-order valence-corrected chi connectivity index (χ2v) is 7.33. The lowest BCUT2D eigenvalue weighted by molar-refractivity contribution is -0.115. The Morgan fingerprint density at radius 2 is 1.96 bits per heavy atom. The van der Waals surface area contributed by atoms with E-state index in [2.05, 4.69) is 25.1 Å². The van der Waals surface area contributed by atoms with Crippen molar-refractivity contribution in [1.29, 1.82) is 0 Å². The SMILES string of the molecule is O=C(CCSc1nnc(-c2ccncc2)n1C1CC1)Nc1ccccc1F. The fraction of sp³-hybridized carbons (Fsp3) is 0.263. The van der Waals surface area contributed by atoms with Crippen molar-refractivity contribution in [1.82, 2.24) is 19.7 Å². The molecule has 27 heavy (non-hydrogen) atoms. The van der Waals surface area contributed by atoms with E-state index in [4.69, 9.17) is 0 Å². The van der Waals surface area contributed by atoms with Crippen LogP contribution < -0.4 is 5.32 Å². The molecule has 0 unspecified atom stereocenters. The zero-order valence-electron chi connectivity index (χ0n) is 14.5. The van der Waals surface area contributed by atoms with Gasteiger partial charge < -0.3 is 5.32 Å². The monoisotopic (exact) mass is 383 g/mol. The van der Waals surface area contributed by atoms with Crippen molar-refractivity contribution >= 4 is 23.4 Å². The van der Waals surface area contributed by atoms with E-state index in [1.165, 1.54) is 17.8 Å². The lowest BCUT2D eigenvalue weighted by Gasteiger charge is -2.09. The Kier molecular flexibility index (Phi) is 5.15. The van der Waals surface area contributed by atoms with Crippen LogP contribution in [0.2, 0.25) is 0 Å². The zero-order valence-corrected chi connectivity index (χ0v) is 15.3. The quantitative estimate of drug-likeness (QED) is 0.626. The number of aromatic nitrogens is 4. The maximum Gasteiger partial charge on any atom is 0.225 e. The molecule has 1 aliphatic carbocycles. The summed E-state index contributed by atoms with van der Waals surface area (Å²) in [7, 11) is 0. The predicted octanol–water partition coefficient (Wildman–Crippen LogP) is 3.94. The number of pyridine rings is 1. The van der Waals surface area contributed by atoms with E-state index < -0.39 is 5.82 Å². The lowest BCUT2D eigenvalue weighted by atomic mass is 10.2. The summed E-state index contributed by atoms with van der Waals surface area (Å²) < 4.78 is 15.8. The van der Waals surface area contributed by atoms with Crippen LogP contribution in [0, 0.1) is 5.82 Å². The van der Waals surface area contributed by atoms with Crippen molar-refractivity contribution in [3.63, 3.8) is 0 Å². The molecule has 2 heterocycles. The van der Waals surface area contributed by atoms with Gasteiger partial charge in [-0.15, -0.1) is 10.2 Å². The number of hydrogen-bond acceptors (Lipinski definition) is 5. The van der Waals surface area contributed by atoms with Gasteiger partial charge in [0.25, 0.3) is 0 Å². The highest BCUT2D eigenvalue weighted by molar-refractivity contribution is 7.99. The van der Waals surface area contributed by atoms with E-state index in [0.29, 0.717) is 11.8 Å². The summed E-state index contributed by atoms with van der Waals surface area (Å²) in [6, 6.07) is 10.4. The molecule has 138 valence electrons. The molecule has 0 saturated heterocycles. The molecule has 4 rings (SSSR count). The number of hydrogen-bond donors (Lipinski definition) is 1. The van der Waals surface area contributed by atoms with E-state index >= 15 is 0 Å². The molecule has 1 amide bonds. The first-order valence-corrected chi connectivity index (χ1v) is 9.73. The van der Waals surface area contributed by atoms with Crippen LogP contribution in [0.1, 0.15) is 25.3 Å². The normalized spacial score (nSPS) is 13.5. The maximum absolute atomic E-state index is 13.6. The second kappa shape index (κ2) is 7.87. The van der Waals surface area contributed by atoms with Crippen molar-refractivity contribution in [3.8, 4) is 11.4 Å². The van der Waals surface area contributed by atoms with Crippen molar-refractivity contribution in [2.75, 3.05) is 11.1 Å². The molecule has 1 fully saturated rings. The van der Waals surface area contributed by atoms with Gasteiger partial charge in [-0.25, -0.2) is 4.39 Å². The van der Waals surface area contributed by atoms with Gasteiger partial charge in [0.05, 0.1) is 5.69 Å². The third-order valence-electron chi connectivity index (χ3n) is 4.22. The third kappa shape index (κ3) is 4.16. The molecule has 2 aromatic heterocycles. The summed E-state index contributed by atoms with van der Waals surface area (Å²) >= 11 is 1.49. The number of para-hydroxylation sites is 1. The van der Waals surface area contributed by atoms with Gasteiger partial charge in [0.1, 0.15) is 5.82 Å². The highest BCUT2D eigenvalue weighted by Gasteiger charge is 2.30. The number of benzene rings is 1. The number of nitrogens with zero attached hydrogens (tertiary/aromatic N) is 4. The molecule has 0 radical (unpaired) electrons. The summed E-state index contributed by atoms with van der Waals surface area (Å²) in [6.07, 6.45) is 5.96. The molecule has 1 saturated carbocycles. The first-order valence-electron chi connectivity index (χ1n) is 8.75. The van der Waals surface area contributed by atoms with Crippen LogP contribution in [0.3, 0.4) is 0 Å². The summed E-state index contributed by atoms with van der Waals surface area (Å²) in [5.41, 5.74) is 1.18. The van der Waals surface area contributed by atoms with E-state index in [1.54, 1.807) is 30.6 Å². The Hall–Kier alpha value is -2.74. The second-order valence-electron chi connectivity index (χ2n) is 6.27. The smallest absolute Gasteiger partial charge is 0.225 e. The van der Waals surface area contributed by atoms with Gasteiger partial charge in [-0.3, -0.25) is 14.3 Å². The van der Waals surface area contributed by atoms with Crippen LogP contribution in [0.25, 0.3) is 11.4 Å². The zero-order chi connectivity index (χ0) is 18.6. The van der Waals surface area contributed by atoms with Crippen molar-refractivity contribution in [2.24, 2.45) is 0 Å². The van der Waals surface area contributed by atoms with Crippen LogP contribution >= 0.6 is 11.8 Å². The Morgan fingerprint density at radius 1 is 1.19 bits per heavy atom. The minimum atomic E-state index is -0.436. The van der Waals surface area contributed by atoms with Crippen LogP contribution in [-0.2, 0) is 4.79 Å². The fourth-order valence-corrected chi connectivity index (χ4v) is 3.69. The third-order valence-corrected chi connectivity index (χ3v) is 5.17. The predicted molar refractivity (Wildman–Crippen MR) is 102 cm³/mol. The lowest BCUT2D eigenvalue weighted by Crippen LogP contribution is -2.13. The number of thioether (sulfide) groups is 1. The molecule has 0 spiro atoms. The molecule has 6 nitrogen and oxygen atoms in total. The first kappa shape index (κ1) is 17.7. The topological polar surface area (TPSA) is 72.7 Å². The minimum absolute atomic E-state index is 0.202. The van der Waals surface area contributed by atoms with Crippen LogP contribution in [-0.4, -0.2) is 31.4 Å². The van der Waals surface area contributed by atoms with Crippen molar-refractivity contribution in [2.45, 2.75) is 30.5 Å². The molecule has 1 aromatic carbocycles. The Labute approximate surface area is 160 Å². The number of amides is 1. The number of anilines is 1. The van der Waals surface area contributed by atoms with Gasteiger partial charge in [0.15, 0.2) is 11.0 Å². The molecular weight excluding hydrogens is 365 g/mol. The van der Waals surface area contributed by atoms with E-state index in [-0.39, 0.29) is 18.0 Å². The largest absolute Gasteiger partial charge is 0.324 e. The Morgan fingerprint density at radius 3 is 2.70 bits per heavy atom. The average molecular weight is 383 g/mol. The molecular formula is C19H18FN5OS. The van der Waals surface area contributed by atoms with Gasteiger partial charge in [-0.2, -0.15) is 0 Å². The number of carbonyl (C=O) groups is 1. The summed E-state index contributed by atoms with van der Waals surface area (Å²) in [5, 5.41) is 12.1. The van der Waals surface area contributed by atoms with E-state index in [0.717, 1.165) is 29.4 Å². The molecule has 3 aromatic rings.